The molecule has 19 heavy (non-hydrogen) atoms. The Morgan fingerprint density at radius 3 is 2.32 bits per heavy atom. The maximum atomic E-state index is 5.54. The van der Waals surface area contributed by atoms with Crippen LogP contribution in [-0.4, -0.2) is 32.2 Å². The van der Waals surface area contributed by atoms with E-state index in [0.717, 1.165) is 18.6 Å². The molecular formula is C16H24O2S. The molecule has 0 saturated heterocycles. The Morgan fingerprint density at radius 2 is 1.79 bits per heavy atom. The van der Waals surface area contributed by atoms with Crippen molar-refractivity contribution in [3.63, 3.8) is 0 Å². The van der Waals surface area contributed by atoms with Gasteiger partial charge < -0.3 is 9.47 Å². The fraction of sp³-hybridized carbons (Fsp3) is 0.500. The van der Waals surface area contributed by atoms with E-state index in [1.165, 1.54) is 10.5 Å². The molecule has 0 fully saturated rings. The van der Waals surface area contributed by atoms with Gasteiger partial charge in [-0.15, -0.1) is 18.3 Å². The van der Waals surface area contributed by atoms with Crippen LogP contribution in [0.4, 0.5) is 0 Å². The normalized spacial score (nSPS) is 14.1. The van der Waals surface area contributed by atoms with Crippen LogP contribution >= 0.6 is 11.8 Å². The highest BCUT2D eigenvalue weighted by Gasteiger charge is 2.15. The highest BCUT2D eigenvalue weighted by Crippen LogP contribution is 2.22. The zero-order valence-corrected chi connectivity index (χ0v) is 12.9. The van der Waals surface area contributed by atoms with E-state index in [-0.39, 0.29) is 12.2 Å². The van der Waals surface area contributed by atoms with Gasteiger partial charge in [-0.25, -0.2) is 0 Å². The SMILES string of the molecule is C=CC[C@@H](C[C@@H](CSc1ccc(C)cc1)OC)OC. The molecule has 0 aliphatic heterocycles. The van der Waals surface area contributed by atoms with E-state index in [9.17, 15) is 0 Å². The third kappa shape index (κ3) is 6.28. The second kappa shape index (κ2) is 9.18. The van der Waals surface area contributed by atoms with Gasteiger partial charge in [0.15, 0.2) is 0 Å². The topological polar surface area (TPSA) is 18.5 Å². The van der Waals surface area contributed by atoms with Gasteiger partial charge in [-0.1, -0.05) is 23.8 Å². The minimum atomic E-state index is 0.195. The van der Waals surface area contributed by atoms with Crippen LogP contribution in [0.5, 0.6) is 0 Å². The maximum absolute atomic E-state index is 5.54. The Morgan fingerprint density at radius 1 is 1.16 bits per heavy atom. The number of hydrogen-bond acceptors (Lipinski definition) is 3. The third-order valence-corrected chi connectivity index (χ3v) is 4.22. The number of ether oxygens (including phenoxy) is 2. The lowest BCUT2D eigenvalue weighted by Gasteiger charge is -2.20. The van der Waals surface area contributed by atoms with E-state index >= 15 is 0 Å². The van der Waals surface area contributed by atoms with E-state index < -0.39 is 0 Å². The van der Waals surface area contributed by atoms with E-state index in [4.69, 9.17) is 9.47 Å². The lowest BCUT2D eigenvalue weighted by molar-refractivity contribution is 0.0343. The van der Waals surface area contributed by atoms with Crippen LogP contribution in [0, 0.1) is 6.92 Å². The quantitative estimate of drug-likeness (QED) is 0.501. The maximum Gasteiger partial charge on any atom is 0.0690 e. The van der Waals surface area contributed by atoms with Gasteiger partial charge in [0.2, 0.25) is 0 Å². The van der Waals surface area contributed by atoms with Gasteiger partial charge >= 0.3 is 0 Å². The van der Waals surface area contributed by atoms with Crippen molar-refractivity contribution >= 4 is 11.8 Å². The standard InChI is InChI=1S/C16H24O2S/c1-5-6-14(17-3)11-15(18-4)12-19-16-9-7-13(2)8-10-16/h5,7-10,14-15H,1,6,11-12H2,2-4H3/t14-,15-/m0/s1. The summed E-state index contributed by atoms with van der Waals surface area (Å²) >= 11 is 1.83. The zero-order chi connectivity index (χ0) is 14.1. The predicted molar refractivity (Wildman–Crippen MR) is 82.9 cm³/mol. The summed E-state index contributed by atoms with van der Waals surface area (Å²) in [7, 11) is 3.51. The molecule has 0 bridgehead atoms. The van der Waals surface area contributed by atoms with Crippen LogP contribution < -0.4 is 0 Å². The predicted octanol–water partition coefficient (Wildman–Crippen LogP) is 4.08. The first-order chi connectivity index (χ1) is 9.19. The molecule has 0 spiro atoms. The van der Waals surface area contributed by atoms with Gasteiger partial charge in [-0.2, -0.15) is 0 Å². The van der Waals surface area contributed by atoms with E-state index in [1.807, 2.05) is 17.8 Å². The fourth-order valence-electron chi connectivity index (χ4n) is 1.82. The summed E-state index contributed by atoms with van der Waals surface area (Å²) in [5, 5.41) is 0. The summed E-state index contributed by atoms with van der Waals surface area (Å²) in [5.41, 5.74) is 1.29. The molecule has 0 unspecified atom stereocenters. The molecule has 106 valence electrons. The summed E-state index contributed by atoms with van der Waals surface area (Å²) in [6.07, 6.45) is 4.06. The Balaban J connectivity index is 2.43. The number of aryl methyl sites for hydroxylation is 1. The van der Waals surface area contributed by atoms with Crippen molar-refractivity contribution in [3.05, 3.63) is 42.5 Å². The summed E-state index contributed by atoms with van der Waals surface area (Å²) in [6.45, 7) is 5.86. The molecule has 1 rings (SSSR count). The molecule has 2 atom stereocenters. The van der Waals surface area contributed by atoms with E-state index in [2.05, 4.69) is 37.8 Å². The Kier molecular flexibility index (Phi) is 7.87. The van der Waals surface area contributed by atoms with Crippen molar-refractivity contribution < 1.29 is 9.47 Å². The van der Waals surface area contributed by atoms with Crippen molar-refractivity contribution in [3.8, 4) is 0 Å². The monoisotopic (exact) mass is 280 g/mol. The van der Waals surface area contributed by atoms with Crippen molar-refractivity contribution in [1.29, 1.82) is 0 Å². The average Bonchev–Trinajstić information content (AvgIpc) is 2.44. The largest absolute Gasteiger partial charge is 0.381 e. The van der Waals surface area contributed by atoms with Crippen molar-refractivity contribution in [2.75, 3.05) is 20.0 Å². The molecule has 0 aromatic heterocycles. The summed E-state index contributed by atoms with van der Waals surface area (Å²) in [4.78, 5) is 1.28. The van der Waals surface area contributed by atoms with Crippen LogP contribution in [0.2, 0.25) is 0 Å². The molecule has 1 aromatic rings. The molecule has 0 saturated carbocycles. The molecule has 0 radical (unpaired) electrons. The van der Waals surface area contributed by atoms with Crippen molar-refractivity contribution in [2.45, 2.75) is 36.9 Å². The Bertz CT molecular complexity index is 362. The first kappa shape index (κ1) is 16.3. The highest BCUT2D eigenvalue weighted by atomic mass is 32.2. The average molecular weight is 280 g/mol. The lowest BCUT2D eigenvalue weighted by atomic mass is 10.1. The first-order valence-corrected chi connectivity index (χ1v) is 7.54. The smallest absolute Gasteiger partial charge is 0.0690 e. The van der Waals surface area contributed by atoms with Crippen LogP contribution in [0.1, 0.15) is 18.4 Å². The van der Waals surface area contributed by atoms with Crippen molar-refractivity contribution in [1.82, 2.24) is 0 Å². The van der Waals surface area contributed by atoms with Gasteiger partial charge in [0.25, 0.3) is 0 Å². The first-order valence-electron chi connectivity index (χ1n) is 6.55. The minimum absolute atomic E-state index is 0.195. The molecule has 2 nitrogen and oxygen atoms in total. The molecule has 0 heterocycles. The number of hydrogen-bond donors (Lipinski definition) is 0. The summed E-state index contributed by atoms with van der Waals surface area (Å²) in [5.74, 6) is 0.941. The van der Waals surface area contributed by atoms with Gasteiger partial charge in [-0.3, -0.25) is 0 Å². The molecule has 0 aliphatic rings. The fourth-order valence-corrected chi connectivity index (χ4v) is 2.80. The van der Waals surface area contributed by atoms with Gasteiger partial charge in [0.05, 0.1) is 12.2 Å². The van der Waals surface area contributed by atoms with Crippen LogP contribution in [0.25, 0.3) is 0 Å². The van der Waals surface area contributed by atoms with Gasteiger partial charge in [0.1, 0.15) is 0 Å². The Labute approximate surface area is 121 Å². The molecule has 3 heteroatoms. The van der Waals surface area contributed by atoms with Crippen LogP contribution in [0.3, 0.4) is 0 Å². The number of methoxy groups -OCH3 is 2. The number of thioether (sulfide) groups is 1. The van der Waals surface area contributed by atoms with Crippen molar-refractivity contribution in [2.24, 2.45) is 0 Å². The van der Waals surface area contributed by atoms with Crippen LogP contribution in [0.15, 0.2) is 41.8 Å². The minimum Gasteiger partial charge on any atom is -0.381 e. The molecular weight excluding hydrogens is 256 g/mol. The zero-order valence-electron chi connectivity index (χ0n) is 12.1. The lowest BCUT2D eigenvalue weighted by Crippen LogP contribution is -2.23. The molecule has 1 aromatic carbocycles. The van der Waals surface area contributed by atoms with E-state index in [0.29, 0.717) is 0 Å². The molecule has 0 N–H and O–H groups in total. The molecule has 0 amide bonds. The summed E-state index contributed by atoms with van der Waals surface area (Å²) in [6, 6.07) is 8.59. The highest BCUT2D eigenvalue weighted by molar-refractivity contribution is 7.99. The van der Waals surface area contributed by atoms with Gasteiger partial charge in [0, 0.05) is 31.3 Å². The molecule has 0 aliphatic carbocycles. The Hall–Kier alpha value is -0.770. The number of rotatable bonds is 9. The van der Waals surface area contributed by atoms with E-state index in [1.54, 1.807) is 14.2 Å². The number of benzene rings is 1. The second-order valence-corrected chi connectivity index (χ2v) is 5.69. The second-order valence-electron chi connectivity index (χ2n) is 4.60. The third-order valence-electron chi connectivity index (χ3n) is 3.08. The summed E-state index contributed by atoms with van der Waals surface area (Å²) < 4.78 is 11.0. The van der Waals surface area contributed by atoms with Crippen LogP contribution in [-0.2, 0) is 9.47 Å². The van der Waals surface area contributed by atoms with Gasteiger partial charge in [-0.05, 0) is 25.5 Å².